The standard InChI is InChI=1S/C11H23N3O3/c1-13-10(15)8-17-9-11(16)14-7-5-3-2-4-6-12/h2-9,12H2,1H3,(H,13,15)(H,14,16). The molecular weight excluding hydrogens is 222 g/mol. The van der Waals surface area contributed by atoms with Gasteiger partial charge in [-0.25, -0.2) is 0 Å². The van der Waals surface area contributed by atoms with Gasteiger partial charge in [0, 0.05) is 13.6 Å². The maximum Gasteiger partial charge on any atom is 0.246 e. The second-order valence-electron chi connectivity index (χ2n) is 3.72. The van der Waals surface area contributed by atoms with Crippen molar-refractivity contribution in [1.29, 1.82) is 0 Å². The van der Waals surface area contributed by atoms with E-state index >= 15 is 0 Å². The van der Waals surface area contributed by atoms with Gasteiger partial charge in [0.05, 0.1) is 0 Å². The summed E-state index contributed by atoms with van der Waals surface area (Å²) < 4.78 is 4.90. The van der Waals surface area contributed by atoms with E-state index in [1.54, 1.807) is 0 Å². The van der Waals surface area contributed by atoms with Gasteiger partial charge in [-0.15, -0.1) is 0 Å². The van der Waals surface area contributed by atoms with E-state index in [1.165, 1.54) is 7.05 Å². The quantitative estimate of drug-likeness (QED) is 0.447. The van der Waals surface area contributed by atoms with Crippen LogP contribution in [0.2, 0.25) is 0 Å². The molecule has 0 aromatic carbocycles. The Balaban J connectivity index is 3.26. The molecule has 4 N–H and O–H groups in total. The van der Waals surface area contributed by atoms with Crippen molar-refractivity contribution in [1.82, 2.24) is 10.6 Å². The van der Waals surface area contributed by atoms with Gasteiger partial charge in [0.2, 0.25) is 11.8 Å². The van der Waals surface area contributed by atoms with E-state index in [0.29, 0.717) is 6.54 Å². The minimum absolute atomic E-state index is 0.0732. The number of carbonyl (C=O) groups excluding carboxylic acids is 2. The molecule has 100 valence electrons. The summed E-state index contributed by atoms with van der Waals surface area (Å²) >= 11 is 0. The smallest absolute Gasteiger partial charge is 0.246 e. The fourth-order valence-corrected chi connectivity index (χ4v) is 1.21. The van der Waals surface area contributed by atoms with Gasteiger partial charge in [-0.05, 0) is 19.4 Å². The normalized spacial score (nSPS) is 10.0. The van der Waals surface area contributed by atoms with Gasteiger partial charge in [0.1, 0.15) is 13.2 Å². The Kier molecular flexibility index (Phi) is 10.6. The molecular formula is C11H23N3O3. The summed E-state index contributed by atoms with van der Waals surface area (Å²) in [6, 6.07) is 0. The van der Waals surface area contributed by atoms with Gasteiger partial charge in [-0.2, -0.15) is 0 Å². The Morgan fingerprint density at radius 1 is 1.06 bits per heavy atom. The summed E-state index contributed by atoms with van der Waals surface area (Å²) in [6.07, 6.45) is 4.14. The number of rotatable bonds is 10. The fourth-order valence-electron chi connectivity index (χ4n) is 1.21. The molecule has 6 nitrogen and oxygen atoms in total. The third-order valence-corrected chi connectivity index (χ3v) is 2.20. The van der Waals surface area contributed by atoms with Crippen LogP contribution in [0.25, 0.3) is 0 Å². The number of hydrogen-bond acceptors (Lipinski definition) is 4. The number of nitrogens with two attached hydrogens (primary N) is 1. The molecule has 0 saturated carbocycles. The highest BCUT2D eigenvalue weighted by atomic mass is 16.5. The van der Waals surface area contributed by atoms with E-state index in [1.807, 2.05) is 0 Å². The average molecular weight is 245 g/mol. The zero-order valence-electron chi connectivity index (χ0n) is 10.5. The summed E-state index contributed by atoms with van der Waals surface area (Å²) in [6.45, 7) is 1.21. The average Bonchev–Trinajstić information content (AvgIpc) is 2.33. The molecule has 0 heterocycles. The summed E-state index contributed by atoms with van der Waals surface area (Å²) in [5.41, 5.74) is 5.36. The van der Waals surface area contributed by atoms with Crippen LogP contribution in [0, 0.1) is 0 Å². The van der Waals surface area contributed by atoms with Gasteiger partial charge in [0.15, 0.2) is 0 Å². The molecule has 0 radical (unpaired) electrons. The number of likely N-dealkylation sites (N-methyl/N-ethyl adjacent to an activating group) is 1. The van der Waals surface area contributed by atoms with Crippen molar-refractivity contribution < 1.29 is 14.3 Å². The van der Waals surface area contributed by atoms with E-state index in [4.69, 9.17) is 10.5 Å². The lowest BCUT2D eigenvalue weighted by Crippen LogP contribution is -2.31. The highest BCUT2D eigenvalue weighted by Crippen LogP contribution is 1.96. The Hall–Kier alpha value is -1.14. The van der Waals surface area contributed by atoms with Crippen molar-refractivity contribution in [3.63, 3.8) is 0 Å². The zero-order valence-corrected chi connectivity index (χ0v) is 10.5. The SMILES string of the molecule is CNC(=O)COCC(=O)NCCCCCCN. The van der Waals surface area contributed by atoms with E-state index in [0.717, 1.165) is 32.2 Å². The number of amides is 2. The van der Waals surface area contributed by atoms with Crippen LogP contribution in [-0.4, -0.2) is 45.2 Å². The molecule has 0 aromatic heterocycles. The van der Waals surface area contributed by atoms with Crippen LogP contribution in [0.4, 0.5) is 0 Å². The first-order valence-corrected chi connectivity index (χ1v) is 5.95. The van der Waals surface area contributed by atoms with Gasteiger partial charge in [-0.1, -0.05) is 12.8 Å². The van der Waals surface area contributed by atoms with Gasteiger partial charge in [-0.3, -0.25) is 9.59 Å². The second kappa shape index (κ2) is 11.3. The first-order chi connectivity index (χ1) is 8.20. The summed E-state index contributed by atoms with van der Waals surface area (Å²) in [5, 5.41) is 5.13. The first kappa shape index (κ1) is 15.9. The van der Waals surface area contributed by atoms with Crippen molar-refractivity contribution in [2.45, 2.75) is 25.7 Å². The van der Waals surface area contributed by atoms with Crippen LogP contribution in [0.5, 0.6) is 0 Å². The largest absolute Gasteiger partial charge is 0.362 e. The van der Waals surface area contributed by atoms with Crippen LogP contribution in [-0.2, 0) is 14.3 Å². The van der Waals surface area contributed by atoms with Gasteiger partial charge in [0.25, 0.3) is 0 Å². The van der Waals surface area contributed by atoms with Crippen LogP contribution in [0.3, 0.4) is 0 Å². The summed E-state index contributed by atoms with van der Waals surface area (Å²) in [7, 11) is 1.52. The Labute approximate surface area is 102 Å². The number of hydrogen-bond donors (Lipinski definition) is 3. The van der Waals surface area contributed by atoms with Crippen LogP contribution < -0.4 is 16.4 Å². The molecule has 0 aromatic rings. The highest BCUT2D eigenvalue weighted by molar-refractivity contribution is 5.79. The van der Waals surface area contributed by atoms with Crippen LogP contribution >= 0.6 is 0 Å². The van der Waals surface area contributed by atoms with Crippen LogP contribution in [0.15, 0.2) is 0 Å². The van der Waals surface area contributed by atoms with Crippen molar-refractivity contribution in [3.8, 4) is 0 Å². The zero-order chi connectivity index (χ0) is 12.9. The molecule has 0 saturated heterocycles. The van der Waals surface area contributed by atoms with E-state index in [9.17, 15) is 9.59 Å². The van der Waals surface area contributed by atoms with Gasteiger partial charge >= 0.3 is 0 Å². The lowest BCUT2D eigenvalue weighted by molar-refractivity contribution is -0.130. The molecule has 0 atom stereocenters. The molecule has 0 aliphatic rings. The molecule has 2 amide bonds. The molecule has 0 spiro atoms. The lowest BCUT2D eigenvalue weighted by Gasteiger charge is -2.05. The summed E-state index contributed by atoms with van der Waals surface area (Å²) in [5.74, 6) is -0.424. The van der Waals surface area contributed by atoms with E-state index in [-0.39, 0.29) is 25.0 Å². The van der Waals surface area contributed by atoms with Crippen LogP contribution in [0.1, 0.15) is 25.7 Å². The Morgan fingerprint density at radius 3 is 2.35 bits per heavy atom. The van der Waals surface area contributed by atoms with Crippen molar-refractivity contribution in [2.75, 3.05) is 33.4 Å². The molecule has 0 aliphatic heterocycles. The van der Waals surface area contributed by atoms with E-state index in [2.05, 4.69) is 10.6 Å². The summed E-state index contributed by atoms with van der Waals surface area (Å²) in [4.78, 5) is 22.0. The third kappa shape index (κ3) is 11.1. The lowest BCUT2D eigenvalue weighted by atomic mass is 10.2. The minimum Gasteiger partial charge on any atom is -0.362 e. The maximum atomic E-state index is 11.2. The molecule has 0 fully saturated rings. The topological polar surface area (TPSA) is 93.4 Å². The molecule has 6 heteroatoms. The highest BCUT2D eigenvalue weighted by Gasteiger charge is 2.02. The number of unbranched alkanes of at least 4 members (excludes halogenated alkanes) is 3. The Bertz CT molecular complexity index is 222. The minimum atomic E-state index is -0.236. The molecule has 0 bridgehead atoms. The van der Waals surface area contributed by atoms with Crippen molar-refractivity contribution in [3.05, 3.63) is 0 Å². The molecule has 0 unspecified atom stereocenters. The maximum absolute atomic E-state index is 11.2. The Morgan fingerprint density at radius 2 is 1.71 bits per heavy atom. The monoisotopic (exact) mass is 245 g/mol. The number of nitrogens with one attached hydrogen (secondary N) is 2. The predicted octanol–water partition coefficient (Wildman–Crippen LogP) is -0.616. The second-order valence-corrected chi connectivity index (χ2v) is 3.72. The molecule has 17 heavy (non-hydrogen) atoms. The third-order valence-electron chi connectivity index (χ3n) is 2.20. The van der Waals surface area contributed by atoms with Gasteiger partial charge < -0.3 is 21.1 Å². The number of carbonyl (C=O) groups is 2. The first-order valence-electron chi connectivity index (χ1n) is 5.95. The van der Waals surface area contributed by atoms with Crippen molar-refractivity contribution >= 4 is 11.8 Å². The number of ether oxygens (including phenoxy) is 1. The molecule has 0 rings (SSSR count). The predicted molar refractivity (Wildman–Crippen MR) is 65.4 cm³/mol. The molecule has 0 aliphatic carbocycles. The van der Waals surface area contributed by atoms with Crippen molar-refractivity contribution in [2.24, 2.45) is 5.73 Å². The van der Waals surface area contributed by atoms with E-state index < -0.39 is 0 Å². The fraction of sp³-hybridized carbons (Fsp3) is 0.818.